The number of para-hydroxylation sites is 3. The van der Waals surface area contributed by atoms with Gasteiger partial charge in [-0.15, -0.1) is 0 Å². The number of furan rings is 1. The monoisotopic (exact) mass is 413 g/mol. The van der Waals surface area contributed by atoms with Gasteiger partial charge in [0.2, 0.25) is 0 Å². The molecule has 0 saturated carbocycles. The molecule has 7 rings (SSSR count). The van der Waals surface area contributed by atoms with E-state index < -0.39 is 0 Å². The van der Waals surface area contributed by atoms with Gasteiger partial charge in [-0.3, -0.25) is 0 Å². The summed E-state index contributed by atoms with van der Waals surface area (Å²) in [5.74, 6) is 0. The van der Waals surface area contributed by atoms with E-state index in [1.54, 1.807) is 0 Å². The molecule has 0 amide bonds. The van der Waals surface area contributed by atoms with E-state index in [0.29, 0.717) is 5.69 Å². The van der Waals surface area contributed by atoms with Crippen molar-refractivity contribution in [2.45, 2.75) is 19.9 Å². The maximum atomic E-state index is 7.73. The molecule has 0 bridgehead atoms. The van der Waals surface area contributed by atoms with Gasteiger partial charge in [-0.2, -0.15) is 0 Å². The Morgan fingerprint density at radius 1 is 0.750 bits per heavy atom. The third-order valence-corrected chi connectivity index (χ3v) is 6.62. The van der Waals surface area contributed by atoms with Crippen LogP contribution < -0.4 is 4.90 Å². The molecule has 0 radical (unpaired) electrons. The third kappa shape index (κ3) is 2.01. The second kappa shape index (κ2) is 5.93. The Kier molecular flexibility index (Phi) is 3.23. The second-order valence-electron chi connectivity index (χ2n) is 8.70. The van der Waals surface area contributed by atoms with E-state index in [-0.39, 0.29) is 6.04 Å². The van der Waals surface area contributed by atoms with Gasteiger partial charge in [0, 0.05) is 22.2 Å². The fourth-order valence-corrected chi connectivity index (χ4v) is 5.40. The van der Waals surface area contributed by atoms with Crippen LogP contribution >= 0.6 is 0 Å². The summed E-state index contributed by atoms with van der Waals surface area (Å²) in [6.45, 7) is 12.1. The minimum absolute atomic E-state index is 0.248. The standard InChI is InChI=1S/C28H19N3O/c1-16(2)30-22-9-5-6-10-23(22)31-26-21(14-17(29-3)15-24(26)30)19-12-13-20-18-8-4-7-11-25(18)32-28(20)27(19)31/h4-16H,1-2H3. The van der Waals surface area contributed by atoms with E-state index >= 15 is 0 Å². The molecule has 4 heteroatoms. The number of nitrogens with zero attached hydrogens (tertiary/aromatic N) is 3. The SMILES string of the molecule is [C-]#[N+]c1cc2c3c(c1)c1ccc4c5ccccc5oc4c1n3-c1ccccc1N2C(C)C. The van der Waals surface area contributed by atoms with Crippen molar-refractivity contribution in [1.82, 2.24) is 4.57 Å². The largest absolute Gasteiger partial charge is 0.454 e. The average Bonchev–Trinajstić information content (AvgIpc) is 3.35. The van der Waals surface area contributed by atoms with E-state index in [2.05, 4.69) is 76.7 Å². The summed E-state index contributed by atoms with van der Waals surface area (Å²) in [5.41, 5.74) is 7.98. The van der Waals surface area contributed by atoms with Crippen LogP contribution in [-0.4, -0.2) is 10.6 Å². The average molecular weight is 413 g/mol. The minimum Gasteiger partial charge on any atom is -0.454 e. The van der Waals surface area contributed by atoms with Crippen molar-refractivity contribution in [3.63, 3.8) is 0 Å². The van der Waals surface area contributed by atoms with Crippen LogP contribution in [0, 0.1) is 6.57 Å². The summed E-state index contributed by atoms with van der Waals surface area (Å²) in [5, 5.41) is 4.44. The molecular weight excluding hydrogens is 394 g/mol. The Hall–Kier alpha value is -4.23. The van der Waals surface area contributed by atoms with Gasteiger partial charge in [-0.05, 0) is 55.6 Å². The molecule has 152 valence electrons. The number of hydrogen-bond donors (Lipinski definition) is 0. The molecule has 4 aromatic carbocycles. The van der Waals surface area contributed by atoms with E-state index in [9.17, 15) is 0 Å². The quantitative estimate of drug-likeness (QED) is 0.255. The molecule has 0 unspecified atom stereocenters. The van der Waals surface area contributed by atoms with Gasteiger partial charge in [-0.1, -0.05) is 36.4 Å². The lowest BCUT2D eigenvalue weighted by atomic mass is 10.1. The summed E-state index contributed by atoms with van der Waals surface area (Å²) < 4.78 is 8.79. The summed E-state index contributed by atoms with van der Waals surface area (Å²) in [6, 6.07) is 25.3. The van der Waals surface area contributed by atoms with E-state index in [1.165, 1.54) is 0 Å². The lowest BCUT2D eigenvalue weighted by Gasteiger charge is -2.36. The van der Waals surface area contributed by atoms with Crippen LogP contribution in [-0.2, 0) is 0 Å². The molecule has 3 heterocycles. The number of hydrogen-bond acceptors (Lipinski definition) is 2. The third-order valence-electron chi connectivity index (χ3n) is 6.62. The molecule has 2 aromatic heterocycles. The lowest BCUT2D eigenvalue weighted by molar-refractivity contribution is 0.671. The van der Waals surface area contributed by atoms with E-state index in [1.807, 2.05) is 24.3 Å². The second-order valence-corrected chi connectivity index (χ2v) is 8.70. The van der Waals surface area contributed by atoms with Crippen molar-refractivity contribution in [2.75, 3.05) is 4.90 Å². The Balaban J connectivity index is 1.79. The Morgan fingerprint density at radius 3 is 2.31 bits per heavy atom. The molecule has 1 aliphatic heterocycles. The van der Waals surface area contributed by atoms with Crippen molar-refractivity contribution in [2.24, 2.45) is 0 Å². The first-order chi connectivity index (χ1) is 15.7. The first-order valence-corrected chi connectivity index (χ1v) is 10.9. The van der Waals surface area contributed by atoms with Gasteiger partial charge in [0.15, 0.2) is 11.3 Å². The highest BCUT2D eigenvalue weighted by Gasteiger charge is 2.30. The van der Waals surface area contributed by atoms with Crippen molar-refractivity contribution < 1.29 is 4.42 Å². The summed E-state index contributed by atoms with van der Waals surface area (Å²) >= 11 is 0. The van der Waals surface area contributed by atoms with Crippen LogP contribution in [0.5, 0.6) is 0 Å². The van der Waals surface area contributed by atoms with Crippen LogP contribution in [0.1, 0.15) is 13.8 Å². The Labute approximate surface area is 184 Å². The molecule has 0 spiro atoms. The van der Waals surface area contributed by atoms with Gasteiger partial charge in [0.1, 0.15) is 5.58 Å². The van der Waals surface area contributed by atoms with E-state index in [4.69, 9.17) is 11.0 Å². The van der Waals surface area contributed by atoms with Crippen LogP contribution in [0.15, 0.2) is 77.2 Å². The maximum absolute atomic E-state index is 7.73. The van der Waals surface area contributed by atoms with Gasteiger partial charge in [-0.25, -0.2) is 4.85 Å². The fourth-order valence-electron chi connectivity index (χ4n) is 5.40. The lowest BCUT2D eigenvalue weighted by Crippen LogP contribution is -2.29. The van der Waals surface area contributed by atoms with Crippen molar-refractivity contribution in [3.8, 4) is 5.69 Å². The number of anilines is 2. The summed E-state index contributed by atoms with van der Waals surface area (Å²) in [6.07, 6.45) is 0. The highest BCUT2D eigenvalue weighted by atomic mass is 16.3. The normalized spacial score (nSPS) is 12.9. The highest BCUT2D eigenvalue weighted by Crippen LogP contribution is 2.50. The molecule has 0 atom stereocenters. The predicted molar refractivity (Wildman–Crippen MR) is 132 cm³/mol. The summed E-state index contributed by atoms with van der Waals surface area (Å²) in [7, 11) is 0. The van der Waals surface area contributed by atoms with Crippen LogP contribution in [0.4, 0.5) is 17.1 Å². The summed E-state index contributed by atoms with van der Waals surface area (Å²) in [4.78, 5) is 6.16. The Bertz CT molecular complexity index is 1780. The van der Waals surface area contributed by atoms with Crippen LogP contribution in [0.25, 0.3) is 54.3 Å². The van der Waals surface area contributed by atoms with Gasteiger partial charge in [0.25, 0.3) is 0 Å². The molecule has 4 nitrogen and oxygen atoms in total. The highest BCUT2D eigenvalue weighted by molar-refractivity contribution is 6.24. The van der Waals surface area contributed by atoms with Gasteiger partial charge < -0.3 is 13.9 Å². The zero-order chi connectivity index (χ0) is 21.6. The van der Waals surface area contributed by atoms with Gasteiger partial charge in [0.05, 0.1) is 34.7 Å². The van der Waals surface area contributed by atoms with Crippen LogP contribution in [0.2, 0.25) is 0 Å². The molecule has 0 saturated heterocycles. The zero-order valence-corrected chi connectivity index (χ0v) is 17.8. The number of aromatic nitrogens is 1. The van der Waals surface area contributed by atoms with Crippen molar-refractivity contribution in [3.05, 3.63) is 84.2 Å². The molecule has 6 aromatic rings. The number of rotatable bonds is 1. The van der Waals surface area contributed by atoms with Crippen LogP contribution in [0.3, 0.4) is 0 Å². The molecule has 32 heavy (non-hydrogen) atoms. The molecule has 1 aliphatic rings. The molecule has 0 N–H and O–H groups in total. The van der Waals surface area contributed by atoms with Crippen molar-refractivity contribution >= 4 is 60.8 Å². The van der Waals surface area contributed by atoms with Crippen molar-refractivity contribution in [1.29, 1.82) is 0 Å². The predicted octanol–water partition coefficient (Wildman–Crippen LogP) is 8.09. The topological polar surface area (TPSA) is 25.7 Å². The smallest absolute Gasteiger partial charge is 0.190 e. The zero-order valence-electron chi connectivity index (χ0n) is 17.8. The first kappa shape index (κ1) is 17.5. The first-order valence-electron chi connectivity index (χ1n) is 10.9. The number of fused-ring (bicyclic) bond motifs is 9. The van der Waals surface area contributed by atoms with E-state index in [0.717, 1.165) is 60.8 Å². The fraction of sp³-hybridized carbons (Fsp3) is 0.107. The number of benzene rings is 4. The maximum Gasteiger partial charge on any atom is 0.190 e. The Morgan fingerprint density at radius 2 is 1.50 bits per heavy atom. The molecule has 0 fully saturated rings. The molecular formula is C28H19N3O. The minimum atomic E-state index is 0.248. The van der Waals surface area contributed by atoms with Gasteiger partial charge >= 0.3 is 0 Å². The molecule has 0 aliphatic carbocycles.